The van der Waals surface area contributed by atoms with Gasteiger partial charge in [-0.15, -0.1) is 0 Å². The molecular weight excluding hydrogens is 414 g/mol. The van der Waals surface area contributed by atoms with Gasteiger partial charge in [0.1, 0.15) is 22.8 Å². The van der Waals surface area contributed by atoms with Gasteiger partial charge in [-0.2, -0.15) is 13.2 Å². The first kappa shape index (κ1) is 20.9. The Morgan fingerprint density at radius 2 is 1.74 bits per heavy atom. The van der Waals surface area contributed by atoms with Crippen LogP contribution in [0.1, 0.15) is 21.7 Å². The first-order chi connectivity index (χ1) is 14.8. The predicted octanol–water partition coefficient (Wildman–Crippen LogP) is 4.77. The van der Waals surface area contributed by atoms with Crippen molar-refractivity contribution in [2.24, 2.45) is 0 Å². The number of aryl methyl sites for hydroxylation is 1. The van der Waals surface area contributed by atoms with Gasteiger partial charge in [0.15, 0.2) is 0 Å². The molecule has 1 aliphatic rings. The number of carbonyl (C=O) groups is 1. The predicted molar refractivity (Wildman–Crippen MR) is 106 cm³/mol. The Balaban J connectivity index is 1.56. The van der Waals surface area contributed by atoms with Gasteiger partial charge in [0.05, 0.1) is 11.3 Å². The molecule has 0 aliphatic carbocycles. The summed E-state index contributed by atoms with van der Waals surface area (Å²) < 4.78 is 58.5. The van der Waals surface area contributed by atoms with Gasteiger partial charge in [-0.25, -0.2) is 4.39 Å². The minimum absolute atomic E-state index is 0.0742. The molecule has 0 N–H and O–H groups in total. The van der Waals surface area contributed by atoms with E-state index in [1.807, 2.05) is 4.90 Å². The molecule has 0 spiro atoms. The molecule has 2 heterocycles. The normalized spacial score (nSPS) is 14.7. The average Bonchev–Trinajstić information content (AvgIpc) is 3.14. The molecule has 0 unspecified atom stereocenters. The molecule has 0 radical (unpaired) electrons. The van der Waals surface area contributed by atoms with E-state index in [0.29, 0.717) is 31.9 Å². The second-order valence-corrected chi connectivity index (χ2v) is 7.27. The van der Waals surface area contributed by atoms with Gasteiger partial charge in [-0.1, -0.05) is 29.4 Å². The quantitative estimate of drug-likeness (QED) is 0.559. The van der Waals surface area contributed by atoms with Gasteiger partial charge < -0.3 is 14.3 Å². The van der Waals surface area contributed by atoms with Crippen molar-refractivity contribution in [3.63, 3.8) is 0 Å². The Morgan fingerprint density at radius 1 is 1.03 bits per heavy atom. The van der Waals surface area contributed by atoms with Crippen LogP contribution in [0, 0.1) is 12.7 Å². The minimum Gasteiger partial charge on any atom is -0.366 e. The van der Waals surface area contributed by atoms with Crippen molar-refractivity contribution in [3.8, 4) is 11.3 Å². The number of carbonyl (C=O) groups excluding carboxylic acids is 1. The third-order valence-corrected chi connectivity index (χ3v) is 5.30. The number of hydrogen-bond acceptors (Lipinski definition) is 4. The second kappa shape index (κ2) is 8.05. The van der Waals surface area contributed by atoms with Crippen molar-refractivity contribution < 1.29 is 26.9 Å². The van der Waals surface area contributed by atoms with E-state index >= 15 is 0 Å². The third-order valence-electron chi connectivity index (χ3n) is 5.30. The molecule has 31 heavy (non-hydrogen) atoms. The SMILES string of the molecule is Cc1onc(-c2cccc(C(F)(F)F)c2)c1C(=O)N1CCN(c2ccccc2F)CC1. The van der Waals surface area contributed by atoms with E-state index in [1.165, 1.54) is 18.2 Å². The number of anilines is 1. The Labute approximate surface area is 175 Å². The summed E-state index contributed by atoms with van der Waals surface area (Å²) in [5, 5.41) is 3.85. The lowest BCUT2D eigenvalue weighted by atomic mass is 10.0. The molecule has 2 aromatic carbocycles. The summed E-state index contributed by atoms with van der Waals surface area (Å²) in [5.41, 5.74) is 0.00628. The smallest absolute Gasteiger partial charge is 0.366 e. The number of rotatable bonds is 3. The maximum atomic E-state index is 14.0. The van der Waals surface area contributed by atoms with Crippen LogP contribution in [0.2, 0.25) is 0 Å². The molecule has 1 aliphatic heterocycles. The van der Waals surface area contributed by atoms with E-state index in [-0.39, 0.29) is 34.3 Å². The zero-order valence-corrected chi connectivity index (χ0v) is 16.6. The first-order valence-corrected chi connectivity index (χ1v) is 9.68. The van der Waals surface area contributed by atoms with Crippen molar-refractivity contribution in [2.75, 3.05) is 31.1 Å². The van der Waals surface area contributed by atoms with Gasteiger partial charge in [0.2, 0.25) is 0 Å². The van der Waals surface area contributed by atoms with Crippen LogP contribution < -0.4 is 4.90 Å². The Morgan fingerprint density at radius 3 is 2.42 bits per heavy atom. The molecule has 0 atom stereocenters. The summed E-state index contributed by atoms with van der Waals surface area (Å²) in [6, 6.07) is 11.1. The van der Waals surface area contributed by atoms with E-state index in [0.717, 1.165) is 12.1 Å². The molecule has 5 nitrogen and oxygen atoms in total. The lowest BCUT2D eigenvalue weighted by molar-refractivity contribution is -0.137. The molecule has 162 valence electrons. The van der Waals surface area contributed by atoms with Gasteiger partial charge in [-0.05, 0) is 31.2 Å². The number of piperazine rings is 1. The number of benzene rings is 2. The first-order valence-electron chi connectivity index (χ1n) is 9.68. The van der Waals surface area contributed by atoms with Crippen LogP contribution in [0.4, 0.5) is 23.2 Å². The van der Waals surface area contributed by atoms with Gasteiger partial charge >= 0.3 is 6.18 Å². The summed E-state index contributed by atoms with van der Waals surface area (Å²) >= 11 is 0. The maximum absolute atomic E-state index is 14.0. The van der Waals surface area contributed by atoms with Crippen molar-refractivity contribution in [3.05, 3.63) is 71.2 Å². The summed E-state index contributed by atoms with van der Waals surface area (Å²) in [7, 11) is 0. The molecule has 0 saturated carbocycles. The Kier molecular flexibility index (Phi) is 5.43. The Hall–Kier alpha value is -3.36. The molecule has 3 aromatic rings. The molecule has 1 aromatic heterocycles. The summed E-state index contributed by atoms with van der Waals surface area (Å²) in [6.45, 7) is 3.07. The van der Waals surface area contributed by atoms with Crippen molar-refractivity contribution >= 4 is 11.6 Å². The number of nitrogens with zero attached hydrogens (tertiary/aromatic N) is 3. The lowest BCUT2D eigenvalue weighted by Gasteiger charge is -2.36. The zero-order chi connectivity index (χ0) is 22.2. The zero-order valence-electron chi connectivity index (χ0n) is 16.6. The summed E-state index contributed by atoms with van der Waals surface area (Å²) in [4.78, 5) is 16.6. The number of aromatic nitrogens is 1. The molecule has 1 amide bonds. The summed E-state index contributed by atoms with van der Waals surface area (Å²) in [6.07, 6.45) is -4.51. The molecule has 9 heteroatoms. The highest BCUT2D eigenvalue weighted by molar-refractivity contribution is 6.01. The topological polar surface area (TPSA) is 49.6 Å². The maximum Gasteiger partial charge on any atom is 0.416 e. The van der Waals surface area contributed by atoms with E-state index in [2.05, 4.69) is 5.16 Å². The largest absolute Gasteiger partial charge is 0.416 e. The van der Waals surface area contributed by atoms with E-state index in [9.17, 15) is 22.4 Å². The van der Waals surface area contributed by atoms with Crippen LogP contribution in [-0.4, -0.2) is 42.1 Å². The van der Waals surface area contributed by atoms with Gasteiger partial charge in [0.25, 0.3) is 5.91 Å². The van der Waals surface area contributed by atoms with Crippen molar-refractivity contribution in [1.29, 1.82) is 0 Å². The van der Waals surface area contributed by atoms with Crippen molar-refractivity contribution in [2.45, 2.75) is 13.1 Å². The number of alkyl halides is 3. The average molecular weight is 433 g/mol. The third kappa shape index (κ3) is 4.12. The standard InChI is InChI=1S/C22H19F4N3O2/c1-14-19(20(27-31-14)15-5-4-6-16(13-15)22(24,25)26)21(30)29-11-9-28(10-12-29)18-8-3-2-7-17(18)23/h2-8,13H,9-12H2,1H3. The monoisotopic (exact) mass is 433 g/mol. The van der Waals surface area contributed by atoms with Crippen LogP contribution in [0.3, 0.4) is 0 Å². The second-order valence-electron chi connectivity index (χ2n) is 7.27. The highest BCUT2D eigenvalue weighted by Gasteiger charge is 2.33. The highest BCUT2D eigenvalue weighted by atomic mass is 19.4. The fourth-order valence-electron chi connectivity index (χ4n) is 3.68. The number of para-hydroxylation sites is 1. The minimum atomic E-state index is -4.51. The van der Waals surface area contributed by atoms with Crippen LogP contribution in [0.5, 0.6) is 0 Å². The highest BCUT2D eigenvalue weighted by Crippen LogP contribution is 2.34. The fourth-order valence-corrected chi connectivity index (χ4v) is 3.68. The van der Waals surface area contributed by atoms with Crippen LogP contribution in [0.15, 0.2) is 53.1 Å². The van der Waals surface area contributed by atoms with Crippen molar-refractivity contribution in [1.82, 2.24) is 10.1 Å². The summed E-state index contributed by atoms with van der Waals surface area (Å²) in [5.74, 6) is -0.475. The van der Waals surface area contributed by atoms with Crippen LogP contribution in [-0.2, 0) is 6.18 Å². The molecule has 4 rings (SSSR count). The van der Waals surface area contributed by atoms with E-state index in [4.69, 9.17) is 4.52 Å². The van der Waals surface area contributed by atoms with Crippen LogP contribution in [0.25, 0.3) is 11.3 Å². The molecule has 1 fully saturated rings. The molecule has 1 saturated heterocycles. The van der Waals surface area contributed by atoms with Crippen LogP contribution >= 0.6 is 0 Å². The lowest BCUT2D eigenvalue weighted by Crippen LogP contribution is -2.49. The van der Waals surface area contributed by atoms with Gasteiger partial charge in [-0.3, -0.25) is 4.79 Å². The molecular formula is C22H19F4N3O2. The van der Waals surface area contributed by atoms with E-state index in [1.54, 1.807) is 30.0 Å². The molecule has 0 bridgehead atoms. The number of hydrogen-bond donors (Lipinski definition) is 0. The number of amides is 1. The van der Waals surface area contributed by atoms with Gasteiger partial charge in [0, 0.05) is 31.7 Å². The number of halogens is 4. The Bertz CT molecular complexity index is 1100. The van der Waals surface area contributed by atoms with E-state index < -0.39 is 11.7 Å². The fraction of sp³-hybridized carbons (Fsp3) is 0.273.